The van der Waals surface area contributed by atoms with Gasteiger partial charge < -0.3 is 0 Å². The third kappa shape index (κ3) is 8.34. The predicted molar refractivity (Wildman–Crippen MR) is 226 cm³/mol. The van der Waals surface area contributed by atoms with E-state index in [1.165, 1.54) is 107 Å². The normalized spacial score (nSPS) is 26.8. The lowest BCUT2D eigenvalue weighted by atomic mass is 9.61. The van der Waals surface area contributed by atoms with Crippen LogP contribution in [-0.2, 0) is 0 Å². The summed E-state index contributed by atoms with van der Waals surface area (Å²) in [5, 5.41) is 5.23. The van der Waals surface area contributed by atoms with Crippen LogP contribution >= 0.6 is 15.8 Å². The molecule has 3 aromatic carbocycles. The molecular formula is C48H70P2. The van der Waals surface area contributed by atoms with Gasteiger partial charge in [0.1, 0.15) is 0 Å². The van der Waals surface area contributed by atoms with E-state index in [9.17, 15) is 0 Å². The van der Waals surface area contributed by atoms with Gasteiger partial charge in [-0.1, -0.05) is 212 Å². The smallest absolute Gasteiger partial charge is 0.00902 e. The Hall–Kier alpha value is -1.48. The Morgan fingerprint density at radius 1 is 0.540 bits per heavy atom. The SMILES string of the molecule is C[C@@H](P(C(C)(C)C)C(C)(C)C)C1(C2CCCCC(C3CCCC3)CCCC2)CCCC1c1ccccc1P(c1ccccc1)c1ccccc1. The minimum Gasteiger partial charge on any atom is -0.0921 e. The molecule has 50 heavy (non-hydrogen) atoms. The highest BCUT2D eigenvalue weighted by Crippen LogP contribution is 2.72. The highest BCUT2D eigenvalue weighted by molar-refractivity contribution is 7.79. The summed E-state index contributed by atoms with van der Waals surface area (Å²) in [4.78, 5) is 0. The van der Waals surface area contributed by atoms with Crippen molar-refractivity contribution < 1.29 is 0 Å². The second kappa shape index (κ2) is 16.7. The Morgan fingerprint density at radius 3 is 1.46 bits per heavy atom. The Morgan fingerprint density at radius 2 is 0.980 bits per heavy atom. The van der Waals surface area contributed by atoms with Gasteiger partial charge in [-0.05, 0) is 100 Å². The van der Waals surface area contributed by atoms with Crippen LogP contribution in [0.5, 0.6) is 0 Å². The first-order valence-electron chi connectivity index (χ1n) is 20.8. The van der Waals surface area contributed by atoms with Crippen molar-refractivity contribution in [3.8, 4) is 0 Å². The maximum Gasteiger partial charge on any atom is -0.00902 e. The average Bonchev–Trinajstić information content (AvgIpc) is 3.79. The highest BCUT2D eigenvalue weighted by atomic mass is 31.1. The zero-order valence-electron chi connectivity index (χ0n) is 33.0. The minimum atomic E-state index is -0.643. The molecule has 6 rings (SSSR count). The Kier molecular flexibility index (Phi) is 12.8. The fourth-order valence-electron chi connectivity index (χ4n) is 12.1. The topological polar surface area (TPSA) is 0 Å². The van der Waals surface area contributed by atoms with Crippen LogP contribution in [-0.4, -0.2) is 16.0 Å². The van der Waals surface area contributed by atoms with Crippen LogP contribution < -0.4 is 15.9 Å². The lowest BCUT2D eigenvalue weighted by molar-refractivity contribution is 0.108. The van der Waals surface area contributed by atoms with E-state index in [1.807, 2.05) is 0 Å². The van der Waals surface area contributed by atoms with Crippen LogP contribution in [0.25, 0.3) is 0 Å². The van der Waals surface area contributed by atoms with Gasteiger partial charge in [0.25, 0.3) is 0 Å². The molecule has 3 aliphatic rings. The van der Waals surface area contributed by atoms with Crippen molar-refractivity contribution in [1.82, 2.24) is 0 Å². The molecule has 3 aliphatic carbocycles. The molecule has 0 nitrogen and oxygen atoms in total. The molecule has 0 radical (unpaired) electrons. The zero-order chi connectivity index (χ0) is 35.4. The van der Waals surface area contributed by atoms with Gasteiger partial charge in [-0.3, -0.25) is 0 Å². The monoisotopic (exact) mass is 708 g/mol. The molecule has 0 amide bonds. The predicted octanol–water partition coefficient (Wildman–Crippen LogP) is 13.7. The van der Waals surface area contributed by atoms with Gasteiger partial charge >= 0.3 is 0 Å². The molecule has 2 heteroatoms. The number of hydrogen-bond donors (Lipinski definition) is 0. The van der Waals surface area contributed by atoms with Crippen molar-refractivity contribution in [3.05, 3.63) is 90.5 Å². The third-order valence-corrected chi connectivity index (χ3v) is 20.2. The van der Waals surface area contributed by atoms with E-state index in [-0.39, 0.29) is 7.92 Å². The molecule has 3 saturated carbocycles. The van der Waals surface area contributed by atoms with Crippen molar-refractivity contribution in [2.45, 2.75) is 167 Å². The maximum absolute atomic E-state index is 2.79. The molecule has 0 spiro atoms. The van der Waals surface area contributed by atoms with Crippen molar-refractivity contribution >= 4 is 31.8 Å². The van der Waals surface area contributed by atoms with E-state index in [1.54, 1.807) is 10.9 Å². The quantitative estimate of drug-likeness (QED) is 0.204. The molecule has 0 saturated heterocycles. The first-order chi connectivity index (χ1) is 24.0. The standard InChI is InChI=1S/C48H70P2/c1-37(50(46(2,3)4)47(5,6)7)48(40-27-18-16-25-39(26-17-19-28-40)38-23-14-15-24-38)36-22-34-44(48)43-33-20-21-35-45(43)49(41-29-10-8-11-30-41)42-31-12-9-13-32-42/h8-13,20-21,29-33,35,37-40,44H,14-19,22-28,34,36H2,1-7H3/t37-,39?,40?,44?,48?/m1/s1. The summed E-state index contributed by atoms with van der Waals surface area (Å²) in [5.74, 6) is 3.49. The average molecular weight is 709 g/mol. The van der Waals surface area contributed by atoms with Crippen LogP contribution in [0.2, 0.25) is 0 Å². The van der Waals surface area contributed by atoms with Crippen LogP contribution in [0.15, 0.2) is 84.9 Å². The largest absolute Gasteiger partial charge is 0.0921 e. The number of benzene rings is 3. The summed E-state index contributed by atoms with van der Waals surface area (Å²) in [6.07, 6.45) is 21.9. The molecule has 3 atom stereocenters. The Balaban J connectivity index is 1.45. The second-order valence-corrected chi connectivity index (χ2v) is 25.0. The van der Waals surface area contributed by atoms with E-state index in [0.717, 1.165) is 23.4 Å². The van der Waals surface area contributed by atoms with E-state index < -0.39 is 7.92 Å². The highest BCUT2D eigenvalue weighted by Gasteiger charge is 2.57. The van der Waals surface area contributed by atoms with E-state index in [4.69, 9.17) is 0 Å². The summed E-state index contributed by atoms with van der Waals surface area (Å²) in [7, 11) is -0.897. The molecule has 0 bridgehead atoms. The molecule has 2 unspecified atom stereocenters. The minimum absolute atomic E-state index is 0.253. The van der Waals surface area contributed by atoms with Crippen molar-refractivity contribution in [1.29, 1.82) is 0 Å². The fraction of sp³-hybridized carbons (Fsp3) is 0.625. The van der Waals surface area contributed by atoms with Gasteiger partial charge in [0.2, 0.25) is 0 Å². The molecular weight excluding hydrogens is 638 g/mol. The second-order valence-electron chi connectivity index (χ2n) is 18.6. The third-order valence-electron chi connectivity index (χ3n) is 13.5. The summed E-state index contributed by atoms with van der Waals surface area (Å²) >= 11 is 0. The summed E-state index contributed by atoms with van der Waals surface area (Å²) in [6.45, 7) is 18.3. The lowest BCUT2D eigenvalue weighted by Gasteiger charge is -2.57. The van der Waals surface area contributed by atoms with Gasteiger partial charge in [-0.25, -0.2) is 0 Å². The molecule has 3 aromatic rings. The van der Waals surface area contributed by atoms with E-state index in [2.05, 4.69) is 133 Å². The molecule has 0 N–H and O–H groups in total. The summed E-state index contributed by atoms with van der Waals surface area (Å²) in [5.41, 5.74) is 2.77. The van der Waals surface area contributed by atoms with Crippen molar-refractivity contribution in [2.24, 2.45) is 23.2 Å². The van der Waals surface area contributed by atoms with Gasteiger partial charge in [0.05, 0.1) is 0 Å². The van der Waals surface area contributed by atoms with E-state index in [0.29, 0.717) is 21.6 Å². The van der Waals surface area contributed by atoms with Crippen molar-refractivity contribution in [3.63, 3.8) is 0 Å². The molecule has 0 aliphatic heterocycles. The molecule has 0 heterocycles. The number of rotatable bonds is 8. The Labute approximate surface area is 310 Å². The van der Waals surface area contributed by atoms with Crippen LogP contribution in [0, 0.1) is 23.2 Å². The van der Waals surface area contributed by atoms with E-state index >= 15 is 0 Å². The number of hydrogen-bond acceptors (Lipinski definition) is 0. The zero-order valence-corrected chi connectivity index (χ0v) is 34.8. The molecule has 272 valence electrons. The fourth-order valence-corrected chi connectivity index (χ4v) is 20.0. The van der Waals surface area contributed by atoms with Crippen molar-refractivity contribution in [2.75, 3.05) is 0 Å². The first-order valence-corrected chi connectivity index (χ1v) is 23.6. The van der Waals surface area contributed by atoms with Crippen LogP contribution in [0.4, 0.5) is 0 Å². The van der Waals surface area contributed by atoms with Gasteiger partial charge in [0, 0.05) is 0 Å². The van der Waals surface area contributed by atoms with Gasteiger partial charge in [-0.2, -0.15) is 0 Å². The van der Waals surface area contributed by atoms with Gasteiger partial charge in [-0.15, -0.1) is 0 Å². The van der Waals surface area contributed by atoms with Gasteiger partial charge in [0.15, 0.2) is 0 Å². The summed E-state index contributed by atoms with van der Waals surface area (Å²) < 4.78 is 0. The molecule has 0 aromatic heterocycles. The summed E-state index contributed by atoms with van der Waals surface area (Å²) in [6, 6.07) is 32.9. The lowest BCUT2D eigenvalue weighted by Crippen LogP contribution is -2.47. The van der Waals surface area contributed by atoms with Crippen LogP contribution in [0.1, 0.15) is 156 Å². The molecule has 3 fully saturated rings. The Bertz CT molecular complexity index is 1390. The maximum atomic E-state index is 2.79. The van der Waals surface area contributed by atoms with Crippen LogP contribution in [0.3, 0.4) is 0 Å². The first kappa shape index (κ1) is 38.3.